The first-order valence-electron chi connectivity index (χ1n) is 5.78. The molecular formula is C12H13N3O3. The molecule has 0 amide bonds. The number of benzene rings is 1. The number of nitro benzene ring substituents is 1. The van der Waals surface area contributed by atoms with Crippen molar-refractivity contribution in [3.05, 3.63) is 40.3 Å². The summed E-state index contributed by atoms with van der Waals surface area (Å²) in [7, 11) is 0. The van der Waals surface area contributed by atoms with Crippen molar-refractivity contribution in [3.63, 3.8) is 0 Å². The maximum Gasteiger partial charge on any atom is 0.270 e. The Kier molecular flexibility index (Phi) is 3.66. The standard InChI is InChI=1S/C12H13N3O3/c1-2-3-7-11-13-14-12(18-11)9-5-4-6-10(8-9)15(16)17/h4-6,8H,2-3,7H2,1H3. The van der Waals surface area contributed by atoms with E-state index in [4.69, 9.17) is 4.42 Å². The Morgan fingerprint density at radius 1 is 1.39 bits per heavy atom. The van der Waals surface area contributed by atoms with Crippen LogP contribution in [-0.4, -0.2) is 15.1 Å². The van der Waals surface area contributed by atoms with Crippen LogP contribution in [0.1, 0.15) is 25.7 Å². The van der Waals surface area contributed by atoms with Gasteiger partial charge >= 0.3 is 0 Å². The highest BCUT2D eigenvalue weighted by Gasteiger charge is 2.12. The smallest absolute Gasteiger partial charge is 0.270 e. The molecule has 0 fully saturated rings. The average molecular weight is 247 g/mol. The second-order valence-corrected chi connectivity index (χ2v) is 3.91. The molecule has 0 unspecified atom stereocenters. The van der Waals surface area contributed by atoms with Gasteiger partial charge in [-0.15, -0.1) is 10.2 Å². The van der Waals surface area contributed by atoms with E-state index in [0.717, 1.165) is 19.3 Å². The van der Waals surface area contributed by atoms with Gasteiger partial charge in [0.1, 0.15) is 0 Å². The van der Waals surface area contributed by atoms with Crippen molar-refractivity contribution in [2.45, 2.75) is 26.2 Å². The minimum absolute atomic E-state index is 0.0146. The summed E-state index contributed by atoms with van der Waals surface area (Å²) in [6.07, 6.45) is 2.77. The number of aryl methyl sites for hydroxylation is 1. The molecule has 0 aliphatic heterocycles. The van der Waals surface area contributed by atoms with Crippen LogP contribution in [0.25, 0.3) is 11.5 Å². The summed E-state index contributed by atoms with van der Waals surface area (Å²) < 4.78 is 5.46. The minimum atomic E-state index is -0.447. The SMILES string of the molecule is CCCCc1nnc(-c2cccc([N+](=O)[O-])c2)o1. The predicted molar refractivity (Wildman–Crippen MR) is 65.0 cm³/mol. The fourth-order valence-corrected chi connectivity index (χ4v) is 1.55. The van der Waals surface area contributed by atoms with Gasteiger partial charge in [0.2, 0.25) is 11.8 Å². The molecule has 0 radical (unpaired) electrons. The number of non-ortho nitro benzene ring substituents is 1. The van der Waals surface area contributed by atoms with Crippen LogP contribution in [0.4, 0.5) is 5.69 Å². The Bertz CT molecular complexity index is 551. The fraction of sp³-hybridized carbons (Fsp3) is 0.333. The van der Waals surface area contributed by atoms with Gasteiger partial charge in [-0.25, -0.2) is 0 Å². The highest BCUT2D eigenvalue weighted by Crippen LogP contribution is 2.22. The lowest BCUT2D eigenvalue weighted by Crippen LogP contribution is -1.88. The molecule has 94 valence electrons. The average Bonchev–Trinajstić information content (AvgIpc) is 2.85. The zero-order valence-corrected chi connectivity index (χ0v) is 10.00. The van der Waals surface area contributed by atoms with E-state index in [9.17, 15) is 10.1 Å². The zero-order chi connectivity index (χ0) is 13.0. The van der Waals surface area contributed by atoms with E-state index in [1.165, 1.54) is 12.1 Å². The summed E-state index contributed by atoms with van der Waals surface area (Å²) in [6.45, 7) is 2.08. The van der Waals surface area contributed by atoms with Gasteiger partial charge < -0.3 is 4.42 Å². The molecule has 0 aliphatic carbocycles. The first-order valence-corrected chi connectivity index (χ1v) is 5.78. The van der Waals surface area contributed by atoms with Gasteiger partial charge in [0.25, 0.3) is 5.69 Å². The predicted octanol–water partition coefficient (Wildman–Crippen LogP) is 2.99. The molecule has 18 heavy (non-hydrogen) atoms. The van der Waals surface area contributed by atoms with Crippen LogP contribution in [0.5, 0.6) is 0 Å². The van der Waals surface area contributed by atoms with E-state index in [1.807, 2.05) is 0 Å². The lowest BCUT2D eigenvalue weighted by Gasteiger charge is -1.95. The molecule has 1 aromatic carbocycles. The van der Waals surface area contributed by atoms with Gasteiger partial charge in [-0.05, 0) is 12.5 Å². The van der Waals surface area contributed by atoms with Gasteiger partial charge in [-0.3, -0.25) is 10.1 Å². The van der Waals surface area contributed by atoms with Crippen LogP contribution in [0.2, 0.25) is 0 Å². The quantitative estimate of drug-likeness (QED) is 0.599. The number of nitrogens with zero attached hydrogens (tertiary/aromatic N) is 3. The molecule has 1 aromatic heterocycles. The van der Waals surface area contributed by atoms with E-state index < -0.39 is 4.92 Å². The summed E-state index contributed by atoms with van der Waals surface area (Å²) in [5.74, 6) is 0.892. The topological polar surface area (TPSA) is 82.1 Å². The summed E-state index contributed by atoms with van der Waals surface area (Å²) in [4.78, 5) is 10.2. The molecule has 0 atom stereocenters. The van der Waals surface area contributed by atoms with Crippen molar-refractivity contribution < 1.29 is 9.34 Å². The highest BCUT2D eigenvalue weighted by molar-refractivity contribution is 5.57. The van der Waals surface area contributed by atoms with E-state index in [-0.39, 0.29) is 5.69 Å². The summed E-state index contributed by atoms with van der Waals surface area (Å²) in [6, 6.07) is 6.17. The third kappa shape index (κ3) is 2.71. The normalized spacial score (nSPS) is 10.5. The molecule has 6 heteroatoms. The first-order chi connectivity index (χ1) is 8.70. The molecule has 0 aliphatic rings. The molecule has 6 nitrogen and oxygen atoms in total. The molecule has 0 spiro atoms. The minimum Gasteiger partial charge on any atom is -0.421 e. The maximum atomic E-state index is 10.7. The van der Waals surface area contributed by atoms with Gasteiger partial charge in [0.15, 0.2) is 0 Å². The Labute approximate surface area is 104 Å². The maximum absolute atomic E-state index is 10.7. The van der Waals surface area contributed by atoms with Gasteiger partial charge in [-0.1, -0.05) is 19.4 Å². The van der Waals surface area contributed by atoms with E-state index >= 15 is 0 Å². The second-order valence-electron chi connectivity index (χ2n) is 3.91. The second kappa shape index (κ2) is 5.39. The fourth-order valence-electron chi connectivity index (χ4n) is 1.55. The third-order valence-corrected chi connectivity index (χ3v) is 2.51. The lowest BCUT2D eigenvalue weighted by atomic mass is 10.2. The molecule has 0 saturated heterocycles. The van der Waals surface area contributed by atoms with Crippen LogP contribution < -0.4 is 0 Å². The van der Waals surface area contributed by atoms with Crippen LogP contribution in [0.15, 0.2) is 28.7 Å². The molecular weight excluding hydrogens is 234 g/mol. The van der Waals surface area contributed by atoms with Crippen molar-refractivity contribution in [2.75, 3.05) is 0 Å². The van der Waals surface area contributed by atoms with Gasteiger partial charge in [0.05, 0.1) is 4.92 Å². The van der Waals surface area contributed by atoms with Crippen molar-refractivity contribution >= 4 is 5.69 Å². The van der Waals surface area contributed by atoms with Crippen LogP contribution >= 0.6 is 0 Å². The van der Waals surface area contributed by atoms with E-state index in [1.54, 1.807) is 12.1 Å². The van der Waals surface area contributed by atoms with Crippen LogP contribution in [0, 0.1) is 10.1 Å². The summed E-state index contributed by atoms with van der Waals surface area (Å²) >= 11 is 0. The Morgan fingerprint density at radius 2 is 2.22 bits per heavy atom. The number of aromatic nitrogens is 2. The van der Waals surface area contributed by atoms with Gasteiger partial charge in [0, 0.05) is 24.1 Å². The Hall–Kier alpha value is -2.24. The van der Waals surface area contributed by atoms with E-state index in [2.05, 4.69) is 17.1 Å². The number of rotatable bonds is 5. The first kappa shape index (κ1) is 12.2. The molecule has 2 rings (SSSR count). The van der Waals surface area contributed by atoms with Crippen molar-refractivity contribution in [1.82, 2.24) is 10.2 Å². The molecule has 1 heterocycles. The highest BCUT2D eigenvalue weighted by atomic mass is 16.6. The van der Waals surface area contributed by atoms with Crippen molar-refractivity contribution in [1.29, 1.82) is 0 Å². The zero-order valence-electron chi connectivity index (χ0n) is 10.00. The van der Waals surface area contributed by atoms with E-state index in [0.29, 0.717) is 17.3 Å². The molecule has 0 saturated carbocycles. The van der Waals surface area contributed by atoms with Crippen molar-refractivity contribution in [3.8, 4) is 11.5 Å². The molecule has 0 bridgehead atoms. The van der Waals surface area contributed by atoms with Crippen LogP contribution in [-0.2, 0) is 6.42 Å². The number of hydrogen-bond acceptors (Lipinski definition) is 5. The largest absolute Gasteiger partial charge is 0.421 e. The summed E-state index contributed by atoms with van der Waals surface area (Å²) in [5.41, 5.74) is 0.584. The Balaban J connectivity index is 2.23. The van der Waals surface area contributed by atoms with Crippen molar-refractivity contribution in [2.24, 2.45) is 0 Å². The number of unbranched alkanes of at least 4 members (excludes halogenated alkanes) is 1. The number of hydrogen-bond donors (Lipinski definition) is 0. The lowest BCUT2D eigenvalue weighted by molar-refractivity contribution is -0.384. The molecule has 2 aromatic rings. The third-order valence-electron chi connectivity index (χ3n) is 2.51. The number of nitro groups is 1. The monoisotopic (exact) mass is 247 g/mol. The molecule has 0 N–H and O–H groups in total. The van der Waals surface area contributed by atoms with Crippen LogP contribution in [0.3, 0.4) is 0 Å². The Morgan fingerprint density at radius 3 is 2.94 bits per heavy atom. The van der Waals surface area contributed by atoms with Gasteiger partial charge in [-0.2, -0.15) is 0 Å². The summed E-state index contributed by atoms with van der Waals surface area (Å²) in [5, 5.41) is 18.5.